The Kier molecular flexibility index (Phi) is 3.40. The molecule has 4 heterocycles. The van der Waals surface area contributed by atoms with Crippen molar-refractivity contribution in [2.45, 2.75) is 25.3 Å². The van der Waals surface area contributed by atoms with E-state index in [4.69, 9.17) is 4.98 Å². The van der Waals surface area contributed by atoms with Gasteiger partial charge in [0.25, 0.3) is 0 Å². The first-order valence-electron chi connectivity index (χ1n) is 7.52. The molecule has 0 saturated carbocycles. The van der Waals surface area contributed by atoms with Gasteiger partial charge in [0.2, 0.25) is 0 Å². The molecule has 2 saturated heterocycles. The number of nitrogens with one attached hydrogen (secondary N) is 1. The number of rotatable bonds is 3. The fourth-order valence-electron chi connectivity index (χ4n) is 3.37. The van der Waals surface area contributed by atoms with Gasteiger partial charge in [0, 0.05) is 19.2 Å². The molecule has 0 spiro atoms. The molecule has 2 fully saturated rings. The molecule has 2 aliphatic rings. The van der Waals surface area contributed by atoms with Crippen LogP contribution in [0.1, 0.15) is 24.7 Å². The second-order valence-corrected chi connectivity index (χ2v) is 6.97. The SMILES string of the molecule is c1cnc2c(c1)nc(CC1CCSC1)n2C1CCNC1. The van der Waals surface area contributed by atoms with E-state index in [1.165, 1.54) is 30.2 Å². The van der Waals surface area contributed by atoms with Crippen LogP contribution in [-0.2, 0) is 6.42 Å². The molecule has 0 bridgehead atoms. The van der Waals surface area contributed by atoms with Crippen LogP contribution in [0.3, 0.4) is 0 Å². The number of pyridine rings is 1. The third kappa shape index (κ3) is 2.23. The Morgan fingerprint density at radius 2 is 2.40 bits per heavy atom. The first-order valence-corrected chi connectivity index (χ1v) is 8.67. The summed E-state index contributed by atoms with van der Waals surface area (Å²) >= 11 is 2.08. The molecular formula is C15H20N4S. The third-order valence-electron chi connectivity index (χ3n) is 4.42. The molecule has 2 atom stereocenters. The Labute approximate surface area is 123 Å². The molecule has 5 heteroatoms. The van der Waals surface area contributed by atoms with Crippen molar-refractivity contribution < 1.29 is 0 Å². The van der Waals surface area contributed by atoms with Gasteiger partial charge in [0.15, 0.2) is 5.65 Å². The number of hydrogen-bond donors (Lipinski definition) is 1. The van der Waals surface area contributed by atoms with Crippen LogP contribution in [-0.4, -0.2) is 39.1 Å². The van der Waals surface area contributed by atoms with E-state index in [9.17, 15) is 0 Å². The first kappa shape index (κ1) is 12.7. The minimum atomic E-state index is 0.527. The van der Waals surface area contributed by atoms with Gasteiger partial charge in [0.1, 0.15) is 11.3 Å². The van der Waals surface area contributed by atoms with E-state index < -0.39 is 0 Å². The maximum absolute atomic E-state index is 4.88. The molecule has 2 aromatic rings. The summed E-state index contributed by atoms with van der Waals surface area (Å²) in [5.41, 5.74) is 2.13. The minimum absolute atomic E-state index is 0.527. The van der Waals surface area contributed by atoms with Crippen LogP contribution >= 0.6 is 11.8 Å². The van der Waals surface area contributed by atoms with Crippen molar-refractivity contribution in [3.63, 3.8) is 0 Å². The molecule has 2 aliphatic heterocycles. The summed E-state index contributed by atoms with van der Waals surface area (Å²) in [5.74, 6) is 4.65. The lowest BCUT2D eigenvalue weighted by Gasteiger charge is -2.16. The molecule has 0 radical (unpaired) electrons. The molecule has 20 heavy (non-hydrogen) atoms. The number of imidazole rings is 1. The monoisotopic (exact) mass is 288 g/mol. The zero-order valence-electron chi connectivity index (χ0n) is 11.6. The van der Waals surface area contributed by atoms with E-state index in [2.05, 4.69) is 32.7 Å². The van der Waals surface area contributed by atoms with E-state index in [-0.39, 0.29) is 0 Å². The van der Waals surface area contributed by atoms with Gasteiger partial charge < -0.3 is 9.88 Å². The molecule has 0 aromatic carbocycles. The maximum atomic E-state index is 4.88. The third-order valence-corrected chi connectivity index (χ3v) is 5.65. The highest BCUT2D eigenvalue weighted by Crippen LogP contribution is 2.30. The Morgan fingerprint density at radius 1 is 1.40 bits per heavy atom. The first-order chi connectivity index (χ1) is 9.92. The Bertz CT molecular complexity index is 597. The smallest absolute Gasteiger partial charge is 0.160 e. The molecule has 1 N–H and O–H groups in total. The van der Waals surface area contributed by atoms with Crippen LogP contribution in [0.25, 0.3) is 11.2 Å². The van der Waals surface area contributed by atoms with Gasteiger partial charge in [-0.05, 0) is 48.9 Å². The summed E-state index contributed by atoms with van der Waals surface area (Å²) < 4.78 is 2.42. The summed E-state index contributed by atoms with van der Waals surface area (Å²) in [6.45, 7) is 2.16. The number of aromatic nitrogens is 3. The highest BCUT2D eigenvalue weighted by atomic mass is 32.2. The highest BCUT2D eigenvalue weighted by molar-refractivity contribution is 7.99. The summed E-state index contributed by atoms with van der Waals surface area (Å²) in [7, 11) is 0. The van der Waals surface area contributed by atoms with E-state index in [0.29, 0.717) is 6.04 Å². The van der Waals surface area contributed by atoms with Crippen LogP contribution < -0.4 is 5.32 Å². The minimum Gasteiger partial charge on any atom is -0.315 e. The van der Waals surface area contributed by atoms with Crippen molar-refractivity contribution in [2.75, 3.05) is 24.6 Å². The lowest BCUT2D eigenvalue weighted by atomic mass is 10.0. The molecule has 2 aromatic heterocycles. The van der Waals surface area contributed by atoms with Gasteiger partial charge in [-0.2, -0.15) is 11.8 Å². The van der Waals surface area contributed by atoms with Crippen molar-refractivity contribution in [1.29, 1.82) is 0 Å². The highest BCUT2D eigenvalue weighted by Gasteiger charge is 2.25. The Morgan fingerprint density at radius 3 is 3.20 bits per heavy atom. The van der Waals surface area contributed by atoms with E-state index >= 15 is 0 Å². The predicted octanol–water partition coefficient (Wildman–Crippen LogP) is 2.26. The van der Waals surface area contributed by atoms with E-state index in [1.54, 1.807) is 0 Å². The van der Waals surface area contributed by atoms with Crippen molar-refractivity contribution in [2.24, 2.45) is 5.92 Å². The van der Waals surface area contributed by atoms with Crippen molar-refractivity contribution in [3.05, 3.63) is 24.2 Å². The predicted molar refractivity (Wildman–Crippen MR) is 83.2 cm³/mol. The zero-order chi connectivity index (χ0) is 13.4. The van der Waals surface area contributed by atoms with Gasteiger partial charge in [0.05, 0.1) is 6.04 Å². The van der Waals surface area contributed by atoms with Crippen LogP contribution in [0.4, 0.5) is 0 Å². The molecule has 4 nitrogen and oxygen atoms in total. The van der Waals surface area contributed by atoms with E-state index in [1.807, 2.05) is 12.3 Å². The maximum Gasteiger partial charge on any atom is 0.160 e. The molecule has 0 amide bonds. The van der Waals surface area contributed by atoms with Crippen LogP contribution in [0, 0.1) is 5.92 Å². The average Bonchev–Trinajstić information content (AvgIpc) is 3.18. The van der Waals surface area contributed by atoms with Crippen LogP contribution in [0.2, 0.25) is 0 Å². The molecule has 106 valence electrons. The number of nitrogens with zero attached hydrogens (tertiary/aromatic N) is 3. The Hall–Kier alpha value is -1.07. The average molecular weight is 288 g/mol. The largest absolute Gasteiger partial charge is 0.315 e. The summed E-state index contributed by atoms with van der Waals surface area (Å²) in [4.78, 5) is 9.47. The topological polar surface area (TPSA) is 42.7 Å². The van der Waals surface area contributed by atoms with Crippen molar-refractivity contribution >= 4 is 22.9 Å². The summed E-state index contributed by atoms with van der Waals surface area (Å²) in [5, 5.41) is 3.47. The Balaban J connectivity index is 1.74. The fourth-order valence-corrected chi connectivity index (χ4v) is 4.65. The lowest BCUT2D eigenvalue weighted by molar-refractivity contribution is 0.496. The second-order valence-electron chi connectivity index (χ2n) is 5.82. The fraction of sp³-hybridized carbons (Fsp3) is 0.600. The number of thioether (sulfide) groups is 1. The molecule has 2 unspecified atom stereocenters. The van der Waals surface area contributed by atoms with Gasteiger partial charge in [-0.15, -0.1) is 0 Å². The number of fused-ring (bicyclic) bond motifs is 1. The molecule has 0 aliphatic carbocycles. The van der Waals surface area contributed by atoms with E-state index in [0.717, 1.165) is 36.6 Å². The van der Waals surface area contributed by atoms with Gasteiger partial charge >= 0.3 is 0 Å². The summed E-state index contributed by atoms with van der Waals surface area (Å²) in [6, 6.07) is 4.61. The van der Waals surface area contributed by atoms with Crippen LogP contribution in [0.15, 0.2) is 18.3 Å². The number of hydrogen-bond acceptors (Lipinski definition) is 4. The molecule has 4 rings (SSSR count). The standard InChI is InChI=1S/C15H20N4S/c1-2-13-15(17-5-1)19(12-3-6-16-9-12)14(18-13)8-11-4-7-20-10-11/h1-2,5,11-12,16H,3-4,6-10H2. The molecular weight excluding hydrogens is 268 g/mol. The van der Waals surface area contributed by atoms with Gasteiger partial charge in [-0.3, -0.25) is 0 Å². The van der Waals surface area contributed by atoms with Crippen molar-refractivity contribution in [3.8, 4) is 0 Å². The zero-order valence-corrected chi connectivity index (χ0v) is 12.4. The van der Waals surface area contributed by atoms with Crippen LogP contribution in [0.5, 0.6) is 0 Å². The van der Waals surface area contributed by atoms with Crippen molar-refractivity contribution in [1.82, 2.24) is 19.9 Å². The quantitative estimate of drug-likeness (QED) is 0.941. The van der Waals surface area contributed by atoms with Gasteiger partial charge in [-0.25, -0.2) is 9.97 Å². The lowest BCUT2D eigenvalue weighted by Crippen LogP contribution is -2.18. The van der Waals surface area contributed by atoms with Gasteiger partial charge in [-0.1, -0.05) is 0 Å². The summed E-state index contributed by atoms with van der Waals surface area (Å²) in [6.07, 6.45) is 5.52. The normalized spacial score (nSPS) is 26.6. The second kappa shape index (κ2) is 5.37.